The average molecular weight is 379 g/mol. The van der Waals surface area contributed by atoms with Crippen LogP contribution in [0.4, 0.5) is 0 Å². The van der Waals surface area contributed by atoms with Crippen LogP contribution in [0.3, 0.4) is 0 Å². The van der Waals surface area contributed by atoms with Gasteiger partial charge in [-0.2, -0.15) is 0 Å². The molecule has 1 N–H and O–H groups in total. The maximum atomic E-state index is 10.4. The van der Waals surface area contributed by atoms with E-state index in [1.807, 2.05) is 12.1 Å². The highest BCUT2D eigenvalue weighted by molar-refractivity contribution is 5.46. The number of para-hydroxylation sites is 1. The summed E-state index contributed by atoms with van der Waals surface area (Å²) >= 11 is 0. The average Bonchev–Trinajstić information content (AvgIpc) is 2.64. The SMILES string of the molecule is COc1cccc(CN(C)CC2CCC2)c1OC[C@H](O)CN1CCOCC1. The van der Waals surface area contributed by atoms with Gasteiger partial charge in [0.05, 0.1) is 20.3 Å². The molecule has 1 aliphatic carbocycles. The fourth-order valence-corrected chi connectivity index (χ4v) is 3.80. The third kappa shape index (κ3) is 6.07. The summed E-state index contributed by atoms with van der Waals surface area (Å²) in [5.74, 6) is 2.31. The van der Waals surface area contributed by atoms with Crippen molar-refractivity contribution in [2.45, 2.75) is 31.9 Å². The Kier molecular flexibility index (Phi) is 7.76. The summed E-state index contributed by atoms with van der Waals surface area (Å²) in [7, 11) is 3.82. The predicted octanol–water partition coefficient (Wildman–Crippen LogP) is 2.00. The van der Waals surface area contributed by atoms with E-state index in [-0.39, 0.29) is 6.61 Å². The number of benzene rings is 1. The zero-order chi connectivity index (χ0) is 19.1. The largest absolute Gasteiger partial charge is 0.493 e. The lowest BCUT2D eigenvalue weighted by atomic mass is 9.85. The van der Waals surface area contributed by atoms with Crippen molar-refractivity contribution in [2.75, 3.05) is 60.2 Å². The minimum atomic E-state index is -0.534. The van der Waals surface area contributed by atoms with Gasteiger partial charge < -0.3 is 24.2 Å². The molecule has 0 radical (unpaired) electrons. The quantitative estimate of drug-likeness (QED) is 0.672. The Balaban J connectivity index is 1.56. The number of methoxy groups -OCH3 is 1. The van der Waals surface area contributed by atoms with E-state index in [9.17, 15) is 5.11 Å². The van der Waals surface area contributed by atoms with Crippen LogP contribution in [0.1, 0.15) is 24.8 Å². The second-order valence-electron chi connectivity index (χ2n) is 7.82. The van der Waals surface area contributed by atoms with E-state index in [0.717, 1.165) is 62.4 Å². The minimum Gasteiger partial charge on any atom is -0.493 e. The van der Waals surface area contributed by atoms with Crippen LogP contribution >= 0.6 is 0 Å². The zero-order valence-electron chi connectivity index (χ0n) is 16.7. The molecule has 1 saturated carbocycles. The van der Waals surface area contributed by atoms with E-state index in [1.54, 1.807) is 7.11 Å². The Labute approximate surface area is 163 Å². The van der Waals surface area contributed by atoms with E-state index in [2.05, 4.69) is 22.9 Å². The Hall–Kier alpha value is -1.34. The smallest absolute Gasteiger partial charge is 0.165 e. The van der Waals surface area contributed by atoms with Crippen LogP contribution in [-0.4, -0.2) is 81.2 Å². The van der Waals surface area contributed by atoms with Crippen LogP contribution in [0.5, 0.6) is 11.5 Å². The molecular weight excluding hydrogens is 344 g/mol. The van der Waals surface area contributed by atoms with E-state index in [0.29, 0.717) is 6.54 Å². The highest BCUT2D eigenvalue weighted by Gasteiger charge is 2.21. The van der Waals surface area contributed by atoms with E-state index in [1.165, 1.54) is 19.3 Å². The highest BCUT2D eigenvalue weighted by atomic mass is 16.5. The van der Waals surface area contributed by atoms with Crippen molar-refractivity contribution in [1.29, 1.82) is 0 Å². The molecule has 1 aliphatic heterocycles. The normalized spacial score (nSPS) is 19.7. The number of β-amino-alcohol motifs (C(OH)–C–C–N with tert-alkyl or cyclic N) is 1. The molecule has 1 heterocycles. The monoisotopic (exact) mass is 378 g/mol. The first-order chi connectivity index (χ1) is 13.2. The van der Waals surface area contributed by atoms with Crippen LogP contribution in [0.2, 0.25) is 0 Å². The molecule has 1 saturated heterocycles. The number of aliphatic hydroxyl groups is 1. The van der Waals surface area contributed by atoms with Crippen molar-refractivity contribution in [3.8, 4) is 11.5 Å². The van der Waals surface area contributed by atoms with E-state index >= 15 is 0 Å². The van der Waals surface area contributed by atoms with Gasteiger partial charge in [0.25, 0.3) is 0 Å². The lowest BCUT2D eigenvalue weighted by Gasteiger charge is -2.31. The fraction of sp³-hybridized carbons (Fsp3) is 0.714. The van der Waals surface area contributed by atoms with Crippen LogP contribution in [-0.2, 0) is 11.3 Å². The first kappa shape index (κ1) is 20.4. The maximum Gasteiger partial charge on any atom is 0.165 e. The molecule has 1 atom stereocenters. The molecule has 0 spiro atoms. The first-order valence-corrected chi connectivity index (χ1v) is 10.1. The summed E-state index contributed by atoms with van der Waals surface area (Å²) in [6, 6.07) is 6.00. The molecule has 3 rings (SSSR count). The molecule has 152 valence electrons. The Morgan fingerprint density at radius 3 is 2.74 bits per heavy atom. The summed E-state index contributed by atoms with van der Waals surface area (Å²) in [5.41, 5.74) is 1.11. The summed E-state index contributed by atoms with van der Waals surface area (Å²) in [4.78, 5) is 4.57. The highest BCUT2D eigenvalue weighted by Crippen LogP contribution is 2.33. The molecule has 0 amide bonds. The van der Waals surface area contributed by atoms with Gasteiger partial charge in [-0.3, -0.25) is 4.90 Å². The van der Waals surface area contributed by atoms with Crippen molar-refractivity contribution in [2.24, 2.45) is 5.92 Å². The maximum absolute atomic E-state index is 10.4. The van der Waals surface area contributed by atoms with Crippen LogP contribution < -0.4 is 9.47 Å². The van der Waals surface area contributed by atoms with E-state index in [4.69, 9.17) is 14.2 Å². The summed E-state index contributed by atoms with van der Waals surface area (Å²) < 4.78 is 16.9. The van der Waals surface area contributed by atoms with Gasteiger partial charge in [-0.25, -0.2) is 0 Å². The molecule has 0 bridgehead atoms. The van der Waals surface area contributed by atoms with Gasteiger partial charge in [0.1, 0.15) is 12.7 Å². The third-order valence-corrected chi connectivity index (χ3v) is 5.51. The molecule has 2 aliphatic rings. The summed E-state index contributed by atoms with van der Waals surface area (Å²) in [5, 5.41) is 10.4. The van der Waals surface area contributed by atoms with Crippen molar-refractivity contribution in [3.63, 3.8) is 0 Å². The topological polar surface area (TPSA) is 54.4 Å². The standard InChI is InChI=1S/C21H34N2O4/c1-22(13-17-5-3-6-17)14-18-7-4-8-20(25-2)21(18)27-16-19(24)15-23-9-11-26-12-10-23/h4,7-8,17,19,24H,3,5-6,9-16H2,1-2H3/t19-/m1/s1. The Morgan fingerprint density at radius 2 is 2.07 bits per heavy atom. The molecule has 1 aromatic rings. The predicted molar refractivity (Wildman–Crippen MR) is 105 cm³/mol. The number of aliphatic hydroxyl groups excluding tert-OH is 1. The zero-order valence-corrected chi connectivity index (χ0v) is 16.7. The van der Waals surface area contributed by atoms with Crippen LogP contribution in [0.15, 0.2) is 18.2 Å². The van der Waals surface area contributed by atoms with Crippen LogP contribution in [0, 0.1) is 5.92 Å². The number of hydrogen-bond donors (Lipinski definition) is 1. The molecule has 27 heavy (non-hydrogen) atoms. The molecule has 0 aromatic heterocycles. The van der Waals surface area contributed by atoms with E-state index < -0.39 is 6.10 Å². The van der Waals surface area contributed by atoms with Gasteiger partial charge in [-0.1, -0.05) is 18.6 Å². The van der Waals surface area contributed by atoms with Gasteiger partial charge in [0.2, 0.25) is 0 Å². The van der Waals surface area contributed by atoms with Gasteiger partial charge in [0, 0.05) is 38.3 Å². The first-order valence-electron chi connectivity index (χ1n) is 10.1. The number of ether oxygens (including phenoxy) is 3. The third-order valence-electron chi connectivity index (χ3n) is 5.51. The van der Waals surface area contributed by atoms with Crippen molar-refractivity contribution >= 4 is 0 Å². The van der Waals surface area contributed by atoms with Gasteiger partial charge in [-0.05, 0) is 31.9 Å². The molecular formula is C21H34N2O4. The van der Waals surface area contributed by atoms with Crippen molar-refractivity contribution < 1.29 is 19.3 Å². The number of morpholine rings is 1. The number of nitrogens with zero attached hydrogens (tertiary/aromatic N) is 2. The van der Waals surface area contributed by atoms with Gasteiger partial charge in [0.15, 0.2) is 11.5 Å². The lowest BCUT2D eigenvalue weighted by Crippen LogP contribution is -2.42. The molecule has 0 unspecified atom stereocenters. The van der Waals surface area contributed by atoms with Gasteiger partial charge >= 0.3 is 0 Å². The molecule has 1 aromatic carbocycles. The van der Waals surface area contributed by atoms with Gasteiger partial charge in [-0.15, -0.1) is 0 Å². The lowest BCUT2D eigenvalue weighted by molar-refractivity contribution is 0.00431. The summed E-state index contributed by atoms with van der Waals surface area (Å²) in [6.45, 7) is 6.01. The second kappa shape index (κ2) is 10.3. The minimum absolute atomic E-state index is 0.261. The molecule has 6 heteroatoms. The van der Waals surface area contributed by atoms with Crippen molar-refractivity contribution in [1.82, 2.24) is 9.80 Å². The molecule has 6 nitrogen and oxygen atoms in total. The molecule has 2 fully saturated rings. The second-order valence-corrected chi connectivity index (χ2v) is 7.82. The fourth-order valence-electron chi connectivity index (χ4n) is 3.80. The number of rotatable bonds is 10. The summed E-state index contributed by atoms with van der Waals surface area (Å²) in [6.07, 6.45) is 3.53. The van der Waals surface area contributed by atoms with Crippen LogP contribution in [0.25, 0.3) is 0 Å². The number of hydrogen-bond acceptors (Lipinski definition) is 6. The van der Waals surface area contributed by atoms with Crippen molar-refractivity contribution in [3.05, 3.63) is 23.8 Å². The Bertz CT molecular complexity index is 573. The Morgan fingerprint density at radius 1 is 1.30 bits per heavy atom.